The number of carboxylic acids is 1. The molecule has 6 heteroatoms. The van der Waals surface area contributed by atoms with E-state index in [1.54, 1.807) is 0 Å². The molecule has 1 heterocycles. The number of benzene rings is 1. The Morgan fingerprint density at radius 1 is 1.15 bits per heavy atom. The molecule has 1 aliphatic rings. The minimum atomic E-state index is -1.92. The molecule has 144 valence electrons. The maximum atomic E-state index is 12.6. The third-order valence-corrected chi connectivity index (χ3v) is 7.33. The molecule has 2 N–H and O–H groups in total. The summed E-state index contributed by atoms with van der Waals surface area (Å²) in [6.07, 6.45) is -1.27. The van der Waals surface area contributed by atoms with Gasteiger partial charge in [-0.1, -0.05) is 38.7 Å². The second kappa shape index (κ2) is 7.16. The standard InChI is InChI=1S/C20H31NO4Si/c1-11(2)9-21-10-15-13(4)19(26(5,6)7)17(18(23)20(24)25)12(3)14(15)8-16(21)22/h11,18,23H,8-10H2,1-7H3,(H,24,25). The highest BCUT2D eigenvalue weighted by atomic mass is 28.3. The number of fused-ring (bicyclic) bond motifs is 1. The van der Waals surface area contributed by atoms with E-state index in [9.17, 15) is 19.8 Å². The summed E-state index contributed by atoms with van der Waals surface area (Å²) in [4.78, 5) is 26.1. The first kappa shape index (κ1) is 20.6. The van der Waals surface area contributed by atoms with Crippen molar-refractivity contribution in [2.75, 3.05) is 6.54 Å². The second-order valence-corrected chi connectivity index (χ2v) is 13.8. The molecule has 1 unspecified atom stereocenters. The molecule has 0 aliphatic carbocycles. The summed E-state index contributed by atoms with van der Waals surface area (Å²) in [6.45, 7) is 15.9. The number of amides is 1. The molecular weight excluding hydrogens is 346 g/mol. The fourth-order valence-corrected chi connectivity index (χ4v) is 6.60. The lowest BCUT2D eigenvalue weighted by atomic mass is 9.86. The normalized spacial score (nSPS) is 16.0. The summed E-state index contributed by atoms with van der Waals surface area (Å²) in [5.74, 6) is -0.771. The Balaban J connectivity index is 2.74. The van der Waals surface area contributed by atoms with Gasteiger partial charge < -0.3 is 15.1 Å². The van der Waals surface area contributed by atoms with Crippen LogP contribution in [0.2, 0.25) is 19.6 Å². The first-order valence-electron chi connectivity index (χ1n) is 9.20. The van der Waals surface area contributed by atoms with Crippen LogP contribution in [0.4, 0.5) is 0 Å². The monoisotopic (exact) mass is 377 g/mol. The molecule has 0 fully saturated rings. The second-order valence-electron chi connectivity index (χ2n) is 8.83. The lowest BCUT2D eigenvalue weighted by Crippen LogP contribution is -2.47. The van der Waals surface area contributed by atoms with E-state index in [1.807, 2.05) is 18.7 Å². The van der Waals surface area contributed by atoms with E-state index < -0.39 is 20.1 Å². The summed E-state index contributed by atoms with van der Waals surface area (Å²) in [5, 5.41) is 20.9. The molecule has 0 aromatic heterocycles. The van der Waals surface area contributed by atoms with Crippen molar-refractivity contribution in [3.8, 4) is 0 Å². The van der Waals surface area contributed by atoms with Crippen LogP contribution in [-0.4, -0.2) is 41.6 Å². The average molecular weight is 378 g/mol. The lowest BCUT2D eigenvalue weighted by molar-refractivity contribution is -0.146. The van der Waals surface area contributed by atoms with Crippen molar-refractivity contribution in [3.63, 3.8) is 0 Å². The van der Waals surface area contributed by atoms with Gasteiger partial charge in [0.2, 0.25) is 5.91 Å². The van der Waals surface area contributed by atoms with Gasteiger partial charge in [0.25, 0.3) is 0 Å². The van der Waals surface area contributed by atoms with Crippen molar-refractivity contribution in [2.24, 2.45) is 5.92 Å². The summed E-state index contributed by atoms with van der Waals surface area (Å²) in [7, 11) is -1.92. The van der Waals surface area contributed by atoms with Gasteiger partial charge in [-0.25, -0.2) is 4.79 Å². The number of aliphatic carboxylic acids is 1. The quantitative estimate of drug-likeness (QED) is 0.773. The SMILES string of the molecule is Cc1c2c(c(C)c([Si](C)(C)C)c1C(O)C(=O)O)CN(CC(C)C)C(=O)C2. The molecule has 0 radical (unpaired) electrons. The minimum Gasteiger partial charge on any atom is -0.479 e. The summed E-state index contributed by atoms with van der Waals surface area (Å²) < 4.78 is 0. The molecule has 2 rings (SSSR count). The van der Waals surface area contributed by atoms with Gasteiger partial charge in [-0.3, -0.25) is 4.79 Å². The number of aliphatic hydroxyl groups is 1. The van der Waals surface area contributed by atoms with Gasteiger partial charge in [-0.05, 0) is 47.6 Å². The largest absolute Gasteiger partial charge is 0.479 e. The molecule has 26 heavy (non-hydrogen) atoms. The molecule has 0 spiro atoms. The lowest BCUT2D eigenvalue weighted by Gasteiger charge is -2.36. The number of carboxylic acid groups (broad SMARTS) is 1. The Hall–Kier alpha value is -1.66. The van der Waals surface area contributed by atoms with Gasteiger partial charge in [-0.15, -0.1) is 0 Å². The maximum absolute atomic E-state index is 12.6. The maximum Gasteiger partial charge on any atom is 0.337 e. The minimum absolute atomic E-state index is 0.0743. The molecule has 1 aliphatic heterocycles. The summed E-state index contributed by atoms with van der Waals surface area (Å²) in [6, 6.07) is 0. The highest BCUT2D eigenvalue weighted by Gasteiger charge is 2.36. The molecule has 1 atom stereocenters. The van der Waals surface area contributed by atoms with Gasteiger partial charge >= 0.3 is 5.97 Å². The third kappa shape index (κ3) is 3.71. The van der Waals surface area contributed by atoms with Crippen LogP contribution in [0.3, 0.4) is 0 Å². The molecule has 0 saturated heterocycles. The van der Waals surface area contributed by atoms with Crippen LogP contribution in [-0.2, 0) is 22.6 Å². The van der Waals surface area contributed by atoms with Crippen molar-refractivity contribution < 1.29 is 19.8 Å². The van der Waals surface area contributed by atoms with Crippen LogP contribution in [0.15, 0.2) is 0 Å². The van der Waals surface area contributed by atoms with Crippen molar-refractivity contribution in [1.29, 1.82) is 0 Å². The Labute approximate surface area is 157 Å². The Morgan fingerprint density at radius 2 is 1.73 bits per heavy atom. The van der Waals surface area contributed by atoms with E-state index >= 15 is 0 Å². The van der Waals surface area contributed by atoms with E-state index in [-0.39, 0.29) is 12.3 Å². The number of hydrogen-bond donors (Lipinski definition) is 2. The van der Waals surface area contributed by atoms with E-state index in [0.29, 0.717) is 18.0 Å². The zero-order valence-electron chi connectivity index (χ0n) is 16.9. The topological polar surface area (TPSA) is 77.8 Å². The van der Waals surface area contributed by atoms with Crippen LogP contribution >= 0.6 is 0 Å². The fraction of sp³-hybridized carbons (Fsp3) is 0.600. The number of rotatable bonds is 5. The fourth-order valence-electron chi connectivity index (χ4n) is 4.19. The summed E-state index contributed by atoms with van der Waals surface area (Å²) >= 11 is 0. The zero-order chi connectivity index (χ0) is 20.0. The van der Waals surface area contributed by atoms with Gasteiger partial charge in [0, 0.05) is 13.1 Å². The highest BCUT2D eigenvalue weighted by molar-refractivity contribution is 6.89. The first-order valence-corrected chi connectivity index (χ1v) is 12.7. The number of hydrogen-bond acceptors (Lipinski definition) is 3. The van der Waals surface area contributed by atoms with Gasteiger partial charge in [-0.2, -0.15) is 0 Å². The predicted molar refractivity (Wildman–Crippen MR) is 105 cm³/mol. The zero-order valence-corrected chi connectivity index (χ0v) is 17.9. The van der Waals surface area contributed by atoms with Gasteiger partial charge in [0.15, 0.2) is 6.10 Å². The molecule has 0 saturated carbocycles. The highest BCUT2D eigenvalue weighted by Crippen LogP contribution is 2.32. The predicted octanol–water partition coefficient (Wildman–Crippen LogP) is 2.51. The van der Waals surface area contributed by atoms with Crippen molar-refractivity contribution in [2.45, 2.75) is 66.4 Å². The molecular formula is C20H31NO4Si. The average Bonchev–Trinajstić information content (AvgIpc) is 2.49. The van der Waals surface area contributed by atoms with E-state index in [0.717, 1.165) is 34.0 Å². The molecule has 0 bridgehead atoms. The van der Waals surface area contributed by atoms with E-state index in [1.165, 1.54) is 0 Å². The number of carbonyl (C=O) groups is 2. The smallest absolute Gasteiger partial charge is 0.337 e. The van der Waals surface area contributed by atoms with Gasteiger partial charge in [0.1, 0.15) is 0 Å². The van der Waals surface area contributed by atoms with Crippen LogP contribution in [0.25, 0.3) is 0 Å². The molecule has 5 nitrogen and oxygen atoms in total. The molecule has 1 aromatic carbocycles. The van der Waals surface area contributed by atoms with Crippen LogP contribution in [0.5, 0.6) is 0 Å². The Morgan fingerprint density at radius 3 is 2.19 bits per heavy atom. The first-order chi connectivity index (χ1) is 11.9. The number of aliphatic hydroxyl groups excluding tert-OH is 1. The number of nitrogens with zero attached hydrogens (tertiary/aromatic N) is 1. The third-order valence-electron chi connectivity index (χ3n) is 5.19. The van der Waals surface area contributed by atoms with E-state index in [4.69, 9.17) is 0 Å². The Kier molecular flexibility index (Phi) is 5.68. The van der Waals surface area contributed by atoms with Crippen molar-refractivity contribution >= 4 is 25.1 Å². The number of carbonyl (C=O) groups excluding carboxylic acids is 1. The molecule has 1 amide bonds. The van der Waals surface area contributed by atoms with Gasteiger partial charge in [0.05, 0.1) is 14.5 Å². The van der Waals surface area contributed by atoms with Crippen LogP contribution in [0.1, 0.15) is 47.8 Å². The summed E-state index contributed by atoms with van der Waals surface area (Å²) in [5.41, 5.74) is 4.39. The van der Waals surface area contributed by atoms with Crippen LogP contribution < -0.4 is 5.19 Å². The Bertz CT molecular complexity index is 749. The van der Waals surface area contributed by atoms with Crippen LogP contribution in [0, 0.1) is 19.8 Å². The van der Waals surface area contributed by atoms with E-state index in [2.05, 4.69) is 33.5 Å². The van der Waals surface area contributed by atoms with Crippen molar-refractivity contribution in [1.82, 2.24) is 4.90 Å². The molecule has 1 aromatic rings. The van der Waals surface area contributed by atoms with Crippen molar-refractivity contribution in [3.05, 3.63) is 27.8 Å².